The van der Waals surface area contributed by atoms with E-state index in [1.165, 1.54) is 12.2 Å². The van der Waals surface area contributed by atoms with Crippen LogP contribution in [0.1, 0.15) is 11.1 Å². The third-order valence-electron chi connectivity index (χ3n) is 1.75. The van der Waals surface area contributed by atoms with E-state index in [1.807, 2.05) is 0 Å². The Morgan fingerprint density at radius 3 is 1.56 bits per heavy atom. The molecule has 6 heteroatoms. The maximum atomic E-state index is 10.1. The molecule has 16 heavy (non-hydrogen) atoms. The summed E-state index contributed by atoms with van der Waals surface area (Å²) in [4.78, 5) is 19.1. The van der Waals surface area contributed by atoms with Gasteiger partial charge in [-0.3, -0.25) is 20.2 Å². The second-order valence-corrected chi connectivity index (χ2v) is 2.83. The summed E-state index contributed by atoms with van der Waals surface area (Å²) < 4.78 is 0. The molecule has 0 fully saturated rings. The summed E-state index contributed by atoms with van der Waals surface area (Å²) in [5.74, 6) is 0. The van der Waals surface area contributed by atoms with Crippen molar-refractivity contribution >= 4 is 12.2 Å². The second-order valence-electron chi connectivity index (χ2n) is 2.83. The molecule has 1 aromatic rings. The van der Waals surface area contributed by atoms with Crippen LogP contribution in [-0.4, -0.2) is 9.85 Å². The summed E-state index contributed by atoms with van der Waals surface area (Å²) in [6, 6.07) is 6.67. The van der Waals surface area contributed by atoms with Crippen molar-refractivity contribution in [2.45, 2.75) is 0 Å². The van der Waals surface area contributed by atoms with Crippen molar-refractivity contribution in [3.63, 3.8) is 0 Å². The van der Waals surface area contributed by atoms with Gasteiger partial charge in [0, 0.05) is 12.2 Å². The molecule has 0 aliphatic heterocycles. The summed E-state index contributed by atoms with van der Waals surface area (Å²) >= 11 is 0. The summed E-state index contributed by atoms with van der Waals surface area (Å²) in [6.45, 7) is 0. The molecule has 6 nitrogen and oxygen atoms in total. The van der Waals surface area contributed by atoms with Crippen LogP contribution in [0.2, 0.25) is 0 Å². The molecule has 1 aromatic carbocycles. The Balaban J connectivity index is 3.00. The van der Waals surface area contributed by atoms with Crippen molar-refractivity contribution in [2.75, 3.05) is 0 Å². The zero-order valence-electron chi connectivity index (χ0n) is 8.15. The fourth-order valence-electron chi connectivity index (χ4n) is 1.10. The largest absolute Gasteiger partial charge is 0.259 e. The van der Waals surface area contributed by atoms with E-state index in [0.717, 1.165) is 12.4 Å². The van der Waals surface area contributed by atoms with Gasteiger partial charge in [-0.15, -0.1) is 0 Å². The maximum Gasteiger partial charge on any atom is 0.235 e. The number of nitro groups is 2. The Morgan fingerprint density at radius 2 is 1.25 bits per heavy atom. The molecule has 1 rings (SSSR count). The van der Waals surface area contributed by atoms with Gasteiger partial charge in [0.1, 0.15) is 0 Å². The van der Waals surface area contributed by atoms with Gasteiger partial charge in [-0.1, -0.05) is 24.3 Å². The molecular formula is C10H8N2O4. The number of nitrogens with zero attached hydrogens (tertiary/aromatic N) is 2. The van der Waals surface area contributed by atoms with Crippen LogP contribution in [0.5, 0.6) is 0 Å². The van der Waals surface area contributed by atoms with Crippen molar-refractivity contribution in [1.82, 2.24) is 0 Å². The third-order valence-corrected chi connectivity index (χ3v) is 1.75. The van der Waals surface area contributed by atoms with Crippen LogP contribution in [0.3, 0.4) is 0 Å². The monoisotopic (exact) mass is 220 g/mol. The predicted octanol–water partition coefficient (Wildman–Crippen LogP) is 2.18. The van der Waals surface area contributed by atoms with E-state index in [1.54, 1.807) is 24.3 Å². The lowest BCUT2D eigenvalue weighted by Gasteiger charge is -1.96. The molecule has 0 saturated heterocycles. The second kappa shape index (κ2) is 5.40. The Morgan fingerprint density at radius 1 is 0.875 bits per heavy atom. The normalized spacial score (nSPS) is 11.0. The van der Waals surface area contributed by atoms with Gasteiger partial charge in [-0.25, -0.2) is 0 Å². The molecule has 0 aliphatic carbocycles. The highest BCUT2D eigenvalue weighted by Crippen LogP contribution is 2.12. The zero-order chi connectivity index (χ0) is 12.0. The fraction of sp³-hybridized carbons (Fsp3) is 0. The van der Waals surface area contributed by atoms with Gasteiger partial charge in [-0.2, -0.15) is 0 Å². The van der Waals surface area contributed by atoms with Gasteiger partial charge in [0.2, 0.25) is 12.4 Å². The highest BCUT2D eigenvalue weighted by Gasteiger charge is 1.98. The molecule has 82 valence electrons. The standard InChI is InChI=1S/C10H8N2O4/c13-11(14)7-5-9-3-1-2-4-10(9)6-8-12(15)16/h1-8H. The molecule has 0 saturated carbocycles. The number of hydrogen-bond donors (Lipinski definition) is 0. The predicted molar refractivity (Wildman–Crippen MR) is 58.5 cm³/mol. The van der Waals surface area contributed by atoms with E-state index < -0.39 is 9.85 Å². The lowest BCUT2D eigenvalue weighted by atomic mass is 10.1. The fourth-order valence-corrected chi connectivity index (χ4v) is 1.10. The summed E-state index contributed by atoms with van der Waals surface area (Å²) in [6.07, 6.45) is 4.16. The quantitative estimate of drug-likeness (QED) is 0.574. The average molecular weight is 220 g/mol. The molecule has 0 radical (unpaired) electrons. The van der Waals surface area contributed by atoms with Crippen LogP contribution < -0.4 is 0 Å². The van der Waals surface area contributed by atoms with Crippen LogP contribution in [0, 0.1) is 20.2 Å². The molecule has 0 amide bonds. The van der Waals surface area contributed by atoms with E-state index >= 15 is 0 Å². The minimum Gasteiger partial charge on any atom is -0.259 e. The van der Waals surface area contributed by atoms with Gasteiger partial charge in [0.15, 0.2) is 0 Å². The van der Waals surface area contributed by atoms with Crippen molar-refractivity contribution in [3.8, 4) is 0 Å². The van der Waals surface area contributed by atoms with Crippen LogP contribution in [-0.2, 0) is 0 Å². The minimum absolute atomic E-state index is 0.553. The molecule has 0 atom stereocenters. The summed E-state index contributed by atoms with van der Waals surface area (Å²) in [5, 5.41) is 20.3. The van der Waals surface area contributed by atoms with Crippen molar-refractivity contribution in [1.29, 1.82) is 0 Å². The third kappa shape index (κ3) is 3.70. The molecule has 0 N–H and O–H groups in total. The molecule has 0 spiro atoms. The number of benzene rings is 1. The van der Waals surface area contributed by atoms with Gasteiger partial charge in [0.05, 0.1) is 9.85 Å². The van der Waals surface area contributed by atoms with Crippen molar-refractivity contribution in [2.24, 2.45) is 0 Å². The SMILES string of the molecule is O=[N+]([O-])C=Cc1ccccc1C=C[N+](=O)[O-]. The van der Waals surface area contributed by atoms with E-state index in [4.69, 9.17) is 0 Å². The molecular weight excluding hydrogens is 212 g/mol. The summed E-state index contributed by atoms with van der Waals surface area (Å²) in [5.41, 5.74) is 1.11. The zero-order valence-corrected chi connectivity index (χ0v) is 8.15. The van der Waals surface area contributed by atoms with Gasteiger partial charge in [-0.05, 0) is 11.1 Å². The van der Waals surface area contributed by atoms with Crippen LogP contribution in [0.4, 0.5) is 0 Å². The molecule has 0 aliphatic rings. The van der Waals surface area contributed by atoms with Crippen LogP contribution >= 0.6 is 0 Å². The first kappa shape index (κ1) is 11.6. The van der Waals surface area contributed by atoms with Gasteiger partial charge in [0.25, 0.3) is 0 Å². The highest BCUT2D eigenvalue weighted by molar-refractivity contribution is 5.64. The van der Waals surface area contributed by atoms with Gasteiger partial charge >= 0.3 is 0 Å². The van der Waals surface area contributed by atoms with Crippen LogP contribution in [0.15, 0.2) is 36.7 Å². The van der Waals surface area contributed by atoms with Crippen LogP contribution in [0.25, 0.3) is 12.2 Å². The lowest BCUT2D eigenvalue weighted by Crippen LogP contribution is -1.86. The van der Waals surface area contributed by atoms with E-state index in [2.05, 4.69) is 0 Å². The Hall–Kier alpha value is -2.50. The first-order valence-electron chi connectivity index (χ1n) is 4.32. The molecule has 0 aromatic heterocycles. The average Bonchev–Trinajstić information content (AvgIpc) is 2.24. The minimum atomic E-state index is -0.589. The van der Waals surface area contributed by atoms with Gasteiger partial charge < -0.3 is 0 Å². The van der Waals surface area contributed by atoms with Crippen molar-refractivity contribution < 1.29 is 9.85 Å². The highest BCUT2D eigenvalue weighted by atomic mass is 16.6. The summed E-state index contributed by atoms with van der Waals surface area (Å²) in [7, 11) is 0. The Kier molecular flexibility index (Phi) is 3.90. The first-order valence-corrected chi connectivity index (χ1v) is 4.32. The number of rotatable bonds is 4. The number of hydrogen-bond acceptors (Lipinski definition) is 4. The van der Waals surface area contributed by atoms with Crippen molar-refractivity contribution in [3.05, 3.63) is 68.0 Å². The van der Waals surface area contributed by atoms with E-state index in [0.29, 0.717) is 11.1 Å². The Labute approximate surface area is 90.8 Å². The topological polar surface area (TPSA) is 86.3 Å². The first-order chi connectivity index (χ1) is 7.59. The maximum absolute atomic E-state index is 10.1. The smallest absolute Gasteiger partial charge is 0.235 e. The van der Waals surface area contributed by atoms with E-state index in [9.17, 15) is 20.2 Å². The molecule has 0 unspecified atom stereocenters. The van der Waals surface area contributed by atoms with E-state index in [-0.39, 0.29) is 0 Å². The lowest BCUT2D eigenvalue weighted by molar-refractivity contribution is -0.401. The Bertz CT molecular complexity index is 423. The molecule has 0 bridgehead atoms. The molecule has 0 heterocycles.